The molecule has 88 valence electrons. The van der Waals surface area contributed by atoms with Crippen molar-refractivity contribution in [2.45, 2.75) is 39.0 Å². The summed E-state index contributed by atoms with van der Waals surface area (Å²) in [6.07, 6.45) is 5.79. The van der Waals surface area contributed by atoms with E-state index in [1.54, 1.807) is 0 Å². The van der Waals surface area contributed by atoms with Gasteiger partial charge in [-0.15, -0.1) is 0 Å². The highest BCUT2D eigenvalue weighted by molar-refractivity contribution is 6.22. The zero-order chi connectivity index (χ0) is 11.8. The van der Waals surface area contributed by atoms with Crippen molar-refractivity contribution in [1.29, 1.82) is 0 Å². The molecule has 3 rings (SSSR count). The van der Waals surface area contributed by atoms with E-state index in [1.165, 1.54) is 30.4 Å². The van der Waals surface area contributed by atoms with E-state index in [9.17, 15) is 4.79 Å². The molecule has 1 saturated carbocycles. The molecule has 2 nitrogen and oxygen atoms in total. The molecule has 1 aromatic rings. The van der Waals surface area contributed by atoms with Crippen molar-refractivity contribution in [1.82, 2.24) is 0 Å². The van der Waals surface area contributed by atoms with Crippen LogP contribution in [0.15, 0.2) is 23.8 Å². The van der Waals surface area contributed by atoms with Gasteiger partial charge in [0.2, 0.25) is 0 Å². The predicted octanol–water partition coefficient (Wildman–Crippen LogP) is 3.63. The van der Waals surface area contributed by atoms with E-state index >= 15 is 0 Å². The van der Waals surface area contributed by atoms with Crippen molar-refractivity contribution in [2.24, 2.45) is 0 Å². The molecule has 2 aliphatic rings. The molecule has 1 fully saturated rings. The molecule has 0 bridgehead atoms. The van der Waals surface area contributed by atoms with Crippen molar-refractivity contribution in [2.75, 3.05) is 0 Å². The number of hydrogen-bond acceptors (Lipinski definition) is 2. The fourth-order valence-electron chi connectivity index (χ4n) is 2.75. The first-order valence-corrected chi connectivity index (χ1v) is 6.31. The van der Waals surface area contributed by atoms with Crippen molar-refractivity contribution in [3.05, 3.63) is 34.9 Å². The van der Waals surface area contributed by atoms with Gasteiger partial charge in [0.15, 0.2) is 0 Å². The molecule has 2 heteroatoms. The second-order valence-electron chi connectivity index (χ2n) is 4.93. The molecule has 0 saturated heterocycles. The van der Waals surface area contributed by atoms with Gasteiger partial charge in [-0.3, -0.25) is 0 Å². The van der Waals surface area contributed by atoms with Crippen LogP contribution in [-0.4, -0.2) is 5.97 Å². The third-order valence-corrected chi connectivity index (χ3v) is 3.62. The number of esters is 1. The average molecular weight is 228 g/mol. The first-order valence-electron chi connectivity index (χ1n) is 6.31. The van der Waals surface area contributed by atoms with E-state index in [2.05, 4.69) is 6.07 Å². The second-order valence-corrected chi connectivity index (χ2v) is 4.93. The number of allylic oxidation sites excluding steroid dienone is 1. The Morgan fingerprint density at radius 2 is 1.88 bits per heavy atom. The predicted molar refractivity (Wildman–Crippen MR) is 66.8 cm³/mol. The Kier molecular flexibility index (Phi) is 2.50. The Hall–Kier alpha value is -1.57. The van der Waals surface area contributed by atoms with Crippen LogP contribution in [0, 0.1) is 6.92 Å². The smallest absolute Gasteiger partial charge is 0.344 e. The molecule has 0 atom stereocenters. The lowest BCUT2D eigenvalue weighted by molar-refractivity contribution is -0.127. The van der Waals surface area contributed by atoms with Gasteiger partial charge in [0.25, 0.3) is 0 Å². The molecule has 1 heterocycles. The lowest BCUT2D eigenvalue weighted by atomic mass is 9.88. The lowest BCUT2D eigenvalue weighted by Gasteiger charge is -2.15. The van der Waals surface area contributed by atoms with Crippen molar-refractivity contribution in [3.63, 3.8) is 0 Å². The Bertz CT molecular complexity index is 504. The van der Waals surface area contributed by atoms with Gasteiger partial charge in [-0.1, -0.05) is 23.6 Å². The maximum Gasteiger partial charge on any atom is 0.344 e. The van der Waals surface area contributed by atoms with Gasteiger partial charge in [-0.25, -0.2) is 4.79 Å². The summed E-state index contributed by atoms with van der Waals surface area (Å²) < 4.78 is 5.33. The first kappa shape index (κ1) is 10.6. The Morgan fingerprint density at radius 1 is 1.12 bits per heavy atom. The maximum absolute atomic E-state index is 12.0. The summed E-state index contributed by atoms with van der Waals surface area (Å²) in [6, 6.07) is 5.96. The quantitative estimate of drug-likeness (QED) is 0.385. The summed E-state index contributed by atoms with van der Waals surface area (Å²) in [6.45, 7) is 2.05. The number of carbonyl (C=O) groups is 1. The molecule has 0 unspecified atom stereocenters. The molecule has 1 aromatic carbocycles. The third-order valence-electron chi connectivity index (χ3n) is 3.62. The number of hydrogen-bond donors (Lipinski definition) is 0. The van der Waals surface area contributed by atoms with Gasteiger partial charge in [0.1, 0.15) is 5.75 Å². The molecule has 1 aliphatic carbocycles. The summed E-state index contributed by atoms with van der Waals surface area (Å²) in [5, 5.41) is 0. The van der Waals surface area contributed by atoms with Gasteiger partial charge >= 0.3 is 5.97 Å². The van der Waals surface area contributed by atoms with E-state index in [1.807, 2.05) is 19.1 Å². The zero-order valence-electron chi connectivity index (χ0n) is 10.1. The van der Waals surface area contributed by atoms with Crippen LogP contribution in [0.2, 0.25) is 0 Å². The number of fused-ring (bicyclic) bond motifs is 1. The number of benzene rings is 1. The molecule has 17 heavy (non-hydrogen) atoms. The van der Waals surface area contributed by atoms with Crippen molar-refractivity contribution >= 4 is 11.5 Å². The summed E-state index contributed by atoms with van der Waals surface area (Å²) >= 11 is 0. The normalized spacial score (nSPS) is 19.2. The minimum Gasteiger partial charge on any atom is -0.422 e. The topological polar surface area (TPSA) is 26.3 Å². The van der Waals surface area contributed by atoms with Crippen LogP contribution in [0.5, 0.6) is 5.75 Å². The summed E-state index contributed by atoms with van der Waals surface area (Å²) in [5.74, 6) is 0.580. The van der Waals surface area contributed by atoms with Crippen LogP contribution in [0.4, 0.5) is 0 Å². The van der Waals surface area contributed by atoms with E-state index in [4.69, 9.17) is 4.74 Å². The Morgan fingerprint density at radius 3 is 2.65 bits per heavy atom. The standard InChI is InChI=1S/C15H16O2/c1-10-7-8-13-12(9-10)14(15(16)17-13)11-5-3-2-4-6-11/h7-9H,2-6H2,1H3. The molecule has 1 aliphatic heterocycles. The Labute approximate surface area is 101 Å². The van der Waals surface area contributed by atoms with Gasteiger partial charge in [0, 0.05) is 5.56 Å². The van der Waals surface area contributed by atoms with Crippen molar-refractivity contribution in [3.8, 4) is 5.75 Å². The second kappa shape index (κ2) is 4.02. The number of rotatable bonds is 0. The molecular weight excluding hydrogens is 212 g/mol. The average Bonchev–Trinajstić information content (AvgIpc) is 2.65. The minimum absolute atomic E-state index is 0.150. The summed E-state index contributed by atoms with van der Waals surface area (Å²) in [7, 11) is 0. The van der Waals surface area contributed by atoms with E-state index < -0.39 is 0 Å². The molecule has 0 N–H and O–H groups in total. The molecule has 0 spiro atoms. The molecule has 0 amide bonds. The minimum atomic E-state index is -0.150. The molecule has 0 aromatic heterocycles. The van der Waals surface area contributed by atoms with Crippen LogP contribution < -0.4 is 4.74 Å². The van der Waals surface area contributed by atoms with Crippen LogP contribution in [0.25, 0.3) is 5.57 Å². The number of aryl methyl sites for hydroxylation is 1. The highest BCUT2D eigenvalue weighted by Gasteiger charge is 2.30. The van der Waals surface area contributed by atoms with Crippen LogP contribution in [-0.2, 0) is 4.79 Å². The summed E-state index contributed by atoms with van der Waals surface area (Å²) in [4.78, 5) is 12.0. The van der Waals surface area contributed by atoms with E-state index in [-0.39, 0.29) is 5.97 Å². The maximum atomic E-state index is 12.0. The van der Waals surface area contributed by atoms with Crippen molar-refractivity contribution < 1.29 is 9.53 Å². The fraction of sp³-hybridized carbons (Fsp3) is 0.400. The van der Waals surface area contributed by atoms with Crippen LogP contribution in [0.1, 0.15) is 43.2 Å². The summed E-state index contributed by atoms with van der Waals surface area (Å²) in [5.41, 5.74) is 4.33. The highest BCUT2D eigenvalue weighted by Crippen LogP contribution is 2.40. The van der Waals surface area contributed by atoms with Gasteiger partial charge < -0.3 is 4.74 Å². The van der Waals surface area contributed by atoms with Crippen LogP contribution in [0.3, 0.4) is 0 Å². The van der Waals surface area contributed by atoms with E-state index in [0.29, 0.717) is 0 Å². The Balaban J connectivity index is 2.12. The van der Waals surface area contributed by atoms with Crippen LogP contribution >= 0.6 is 0 Å². The third kappa shape index (κ3) is 1.78. The number of ether oxygens (including phenoxy) is 1. The SMILES string of the molecule is Cc1ccc2c(c1)C(=C1CCCCC1)C(=O)O2. The van der Waals surface area contributed by atoms with Gasteiger partial charge in [-0.2, -0.15) is 0 Å². The lowest BCUT2D eigenvalue weighted by Crippen LogP contribution is -2.06. The molecule has 0 radical (unpaired) electrons. The van der Waals surface area contributed by atoms with Gasteiger partial charge in [0.05, 0.1) is 5.57 Å². The number of carbonyl (C=O) groups excluding carboxylic acids is 1. The van der Waals surface area contributed by atoms with E-state index in [0.717, 1.165) is 29.7 Å². The first-order chi connectivity index (χ1) is 8.25. The highest BCUT2D eigenvalue weighted by atomic mass is 16.5. The monoisotopic (exact) mass is 228 g/mol. The molecular formula is C15H16O2. The zero-order valence-corrected chi connectivity index (χ0v) is 10.1. The van der Waals surface area contributed by atoms with Gasteiger partial charge in [-0.05, 0) is 44.7 Å². The fourth-order valence-corrected chi connectivity index (χ4v) is 2.75. The largest absolute Gasteiger partial charge is 0.422 e.